The molecule has 1 aromatic heterocycles. The SMILES string of the molecule is CN(C(=S)Cc1c(Cl)cc(-n2ncc(=O)[nH]c2=O)cc1Cl)c1ccc(Cl)c(C(F)(F)F)c1. The summed E-state index contributed by atoms with van der Waals surface area (Å²) in [4.78, 5) is 26.8. The van der Waals surface area contributed by atoms with Crippen molar-refractivity contribution >= 4 is 57.7 Å². The number of hydrogen-bond donors (Lipinski definition) is 1. The van der Waals surface area contributed by atoms with Crippen LogP contribution in [0.1, 0.15) is 11.1 Å². The lowest BCUT2D eigenvalue weighted by Crippen LogP contribution is -2.30. The smallest absolute Gasteiger partial charge is 0.339 e. The maximum atomic E-state index is 13.2. The fourth-order valence-corrected chi connectivity index (χ4v) is 3.85. The first-order valence-corrected chi connectivity index (χ1v) is 10.2. The predicted octanol–water partition coefficient (Wildman–Crippen LogP) is 4.91. The van der Waals surface area contributed by atoms with E-state index in [1.165, 1.54) is 30.1 Å². The minimum absolute atomic E-state index is 0.0295. The van der Waals surface area contributed by atoms with Crippen LogP contribution in [0.2, 0.25) is 15.1 Å². The van der Waals surface area contributed by atoms with Crippen LogP contribution in [-0.2, 0) is 12.6 Å². The molecule has 0 aliphatic carbocycles. The van der Waals surface area contributed by atoms with Gasteiger partial charge in [-0.15, -0.1) is 0 Å². The number of rotatable bonds is 4. The Bertz CT molecular complexity index is 1300. The Balaban J connectivity index is 1.90. The highest BCUT2D eigenvalue weighted by Gasteiger charge is 2.33. The number of anilines is 1. The molecule has 32 heavy (non-hydrogen) atoms. The van der Waals surface area contributed by atoms with Crippen LogP contribution in [0.4, 0.5) is 18.9 Å². The van der Waals surface area contributed by atoms with Crippen LogP contribution in [0, 0.1) is 0 Å². The highest BCUT2D eigenvalue weighted by molar-refractivity contribution is 7.80. The summed E-state index contributed by atoms with van der Waals surface area (Å²) in [6, 6.07) is 6.26. The van der Waals surface area contributed by atoms with Crippen molar-refractivity contribution in [3.05, 3.63) is 83.6 Å². The number of nitrogens with zero attached hydrogens (tertiary/aromatic N) is 3. The van der Waals surface area contributed by atoms with Crippen molar-refractivity contribution in [2.75, 3.05) is 11.9 Å². The lowest BCUT2D eigenvalue weighted by atomic mass is 10.1. The summed E-state index contributed by atoms with van der Waals surface area (Å²) in [5.41, 5.74) is -1.64. The molecule has 1 heterocycles. The third-order valence-electron chi connectivity index (χ3n) is 4.43. The van der Waals surface area contributed by atoms with E-state index in [0.29, 0.717) is 5.56 Å². The van der Waals surface area contributed by atoms with E-state index >= 15 is 0 Å². The normalized spacial score (nSPS) is 11.5. The van der Waals surface area contributed by atoms with Crippen LogP contribution in [0.5, 0.6) is 0 Å². The molecular formula is C19H12Cl3F3N4O2S. The Labute approximate surface area is 199 Å². The van der Waals surface area contributed by atoms with Crippen molar-refractivity contribution in [1.82, 2.24) is 14.8 Å². The van der Waals surface area contributed by atoms with Crippen LogP contribution >= 0.6 is 47.0 Å². The molecular weight excluding hydrogens is 512 g/mol. The third kappa shape index (κ3) is 5.15. The van der Waals surface area contributed by atoms with Gasteiger partial charge in [0.1, 0.15) is 6.20 Å². The van der Waals surface area contributed by atoms with Gasteiger partial charge in [-0.3, -0.25) is 9.78 Å². The largest absolute Gasteiger partial charge is 0.417 e. The third-order valence-corrected chi connectivity index (χ3v) is 5.85. The Morgan fingerprint density at radius 1 is 1.12 bits per heavy atom. The van der Waals surface area contributed by atoms with Gasteiger partial charge in [0.05, 0.1) is 21.3 Å². The molecule has 0 bridgehead atoms. The lowest BCUT2D eigenvalue weighted by molar-refractivity contribution is -0.137. The molecule has 3 aromatic rings. The van der Waals surface area contributed by atoms with E-state index in [1.807, 2.05) is 0 Å². The summed E-state index contributed by atoms with van der Waals surface area (Å²) in [5.74, 6) is 0. The molecule has 13 heteroatoms. The fraction of sp³-hybridized carbons (Fsp3) is 0.158. The maximum Gasteiger partial charge on any atom is 0.417 e. The Kier molecular flexibility index (Phi) is 6.99. The van der Waals surface area contributed by atoms with Gasteiger partial charge in [-0.05, 0) is 35.9 Å². The van der Waals surface area contributed by atoms with E-state index in [-0.39, 0.29) is 32.8 Å². The van der Waals surface area contributed by atoms with Gasteiger partial charge in [-0.1, -0.05) is 47.0 Å². The molecule has 168 valence electrons. The first-order valence-electron chi connectivity index (χ1n) is 8.68. The number of aromatic amines is 1. The summed E-state index contributed by atoms with van der Waals surface area (Å²) in [7, 11) is 1.51. The zero-order valence-corrected chi connectivity index (χ0v) is 19.1. The number of hydrogen-bond acceptors (Lipinski definition) is 4. The van der Waals surface area contributed by atoms with Gasteiger partial charge in [-0.2, -0.15) is 23.0 Å². The number of halogens is 6. The summed E-state index contributed by atoms with van der Waals surface area (Å²) < 4.78 is 40.4. The van der Waals surface area contributed by atoms with Crippen LogP contribution in [-0.4, -0.2) is 26.8 Å². The molecule has 0 atom stereocenters. The summed E-state index contributed by atoms with van der Waals surface area (Å²) >= 11 is 23.7. The molecule has 0 saturated heterocycles. The maximum absolute atomic E-state index is 13.2. The van der Waals surface area contributed by atoms with E-state index in [0.717, 1.165) is 23.0 Å². The number of alkyl halides is 3. The molecule has 0 radical (unpaired) electrons. The van der Waals surface area contributed by atoms with Crippen molar-refractivity contribution in [3.63, 3.8) is 0 Å². The fourth-order valence-electron chi connectivity index (χ4n) is 2.77. The molecule has 1 N–H and O–H groups in total. The molecule has 3 rings (SSSR count). The summed E-state index contributed by atoms with van der Waals surface area (Å²) in [5, 5.41) is 3.60. The second-order valence-corrected chi connectivity index (χ2v) is 8.22. The minimum atomic E-state index is -4.62. The Morgan fingerprint density at radius 3 is 2.31 bits per heavy atom. The molecule has 2 aromatic carbocycles. The summed E-state index contributed by atoms with van der Waals surface area (Å²) in [6.07, 6.45) is -3.67. The van der Waals surface area contributed by atoms with Crippen molar-refractivity contribution in [3.8, 4) is 5.69 Å². The van der Waals surface area contributed by atoms with Crippen LogP contribution < -0.4 is 16.1 Å². The standard InChI is InChI=1S/C19H12Cl3F3N4O2S/c1-28(9-2-3-13(20)12(4-9)19(23,24)25)17(32)7-11-14(21)5-10(6-15(11)22)29-18(31)27-16(30)8-26-29/h2-6,8H,7H2,1H3,(H,27,30,31). The topological polar surface area (TPSA) is 71.0 Å². The molecule has 6 nitrogen and oxygen atoms in total. The quantitative estimate of drug-likeness (QED) is 0.492. The zero-order chi connectivity index (χ0) is 23.8. The number of nitrogens with one attached hydrogen (secondary N) is 1. The number of H-pyrrole nitrogens is 1. The van der Waals surface area contributed by atoms with Crippen LogP contribution in [0.25, 0.3) is 5.69 Å². The van der Waals surface area contributed by atoms with Crippen LogP contribution in [0.15, 0.2) is 46.1 Å². The average molecular weight is 524 g/mol. The van der Waals surface area contributed by atoms with Crippen molar-refractivity contribution in [2.45, 2.75) is 12.6 Å². The average Bonchev–Trinajstić information content (AvgIpc) is 2.69. The minimum Gasteiger partial charge on any atom is -0.339 e. The second-order valence-electron chi connectivity index (χ2n) is 6.53. The molecule has 0 unspecified atom stereocenters. The van der Waals surface area contributed by atoms with Gasteiger partial charge in [-0.25, -0.2) is 4.79 Å². The summed E-state index contributed by atoms with van der Waals surface area (Å²) in [6.45, 7) is 0. The second kappa shape index (κ2) is 9.22. The first kappa shape index (κ1) is 24.2. The number of thiocarbonyl (C=S) groups is 1. The van der Waals surface area contributed by atoms with E-state index in [9.17, 15) is 22.8 Å². The van der Waals surface area contributed by atoms with Crippen LogP contribution in [0.3, 0.4) is 0 Å². The van der Waals surface area contributed by atoms with Gasteiger partial charge in [0.15, 0.2) is 0 Å². The van der Waals surface area contributed by atoms with Gasteiger partial charge >= 0.3 is 11.9 Å². The molecule has 0 fully saturated rings. The van der Waals surface area contributed by atoms with Gasteiger partial charge in [0.2, 0.25) is 0 Å². The zero-order valence-electron chi connectivity index (χ0n) is 16.0. The lowest BCUT2D eigenvalue weighted by Gasteiger charge is -2.23. The molecule has 0 amide bonds. The number of benzene rings is 2. The first-order chi connectivity index (χ1) is 14.9. The molecule has 0 aliphatic heterocycles. The number of likely N-dealkylation sites (N-methyl/N-ethyl adjacent to an activating group) is 1. The van der Waals surface area contributed by atoms with Crippen molar-refractivity contribution < 1.29 is 13.2 Å². The monoisotopic (exact) mass is 522 g/mol. The molecule has 0 aliphatic rings. The van der Waals surface area contributed by atoms with Gasteiger partial charge in [0, 0.05) is 29.2 Å². The predicted molar refractivity (Wildman–Crippen MR) is 122 cm³/mol. The van der Waals surface area contributed by atoms with E-state index in [1.54, 1.807) is 0 Å². The van der Waals surface area contributed by atoms with E-state index in [4.69, 9.17) is 47.0 Å². The molecule has 0 spiro atoms. The highest BCUT2D eigenvalue weighted by Crippen LogP contribution is 2.37. The number of aromatic nitrogens is 3. The van der Waals surface area contributed by atoms with E-state index < -0.39 is 28.0 Å². The molecule has 0 saturated carbocycles. The van der Waals surface area contributed by atoms with Crippen molar-refractivity contribution in [1.29, 1.82) is 0 Å². The highest BCUT2D eigenvalue weighted by atomic mass is 35.5. The van der Waals surface area contributed by atoms with E-state index in [2.05, 4.69) is 10.1 Å². The van der Waals surface area contributed by atoms with Crippen molar-refractivity contribution in [2.24, 2.45) is 0 Å². The van der Waals surface area contributed by atoms with Gasteiger partial charge in [0.25, 0.3) is 5.56 Å². The Morgan fingerprint density at radius 2 is 1.75 bits per heavy atom. The Hall–Kier alpha value is -2.40. The van der Waals surface area contributed by atoms with Gasteiger partial charge < -0.3 is 4.90 Å².